The quantitative estimate of drug-likeness (QED) is 0.830. The summed E-state index contributed by atoms with van der Waals surface area (Å²) in [5.74, 6) is -0.229. The molecule has 1 aliphatic rings. The third-order valence-electron chi connectivity index (χ3n) is 4.97. The van der Waals surface area contributed by atoms with E-state index in [1.54, 1.807) is 24.3 Å². The van der Waals surface area contributed by atoms with Gasteiger partial charge in [-0.2, -0.15) is 0 Å². The van der Waals surface area contributed by atoms with Crippen molar-refractivity contribution in [2.24, 2.45) is 0 Å². The molecule has 1 saturated carbocycles. The van der Waals surface area contributed by atoms with Crippen LogP contribution in [0.5, 0.6) is 0 Å². The van der Waals surface area contributed by atoms with E-state index in [-0.39, 0.29) is 17.9 Å². The fourth-order valence-electron chi connectivity index (χ4n) is 3.32. The van der Waals surface area contributed by atoms with Crippen LogP contribution in [0.3, 0.4) is 0 Å². The molecule has 0 bridgehead atoms. The Kier molecular flexibility index (Phi) is 6.05. The highest BCUT2D eigenvalue weighted by molar-refractivity contribution is 6.05. The maximum Gasteiger partial charge on any atom is 0.255 e. The Morgan fingerprint density at radius 2 is 1.42 bits per heavy atom. The van der Waals surface area contributed by atoms with E-state index >= 15 is 0 Å². The van der Waals surface area contributed by atoms with Crippen molar-refractivity contribution in [3.63, 3.8) is 0 Å². The van der Waals surface area contributed by atoms with Gasteiger partial charge in [0.1, 0.15) is 0 Å². The van der Waals surface area contributed by atoms with Crippen molar-refractivity contribution in [2.75, 3.05) is 5.32 Å². The smallest absolute Gasteiger partial charge is 0.255 e. The number of hydrogen-bond acceptors (Lipinski definition) is 2. The van der Waals surface area contributed by atoms with Crippen LogP contribution in [0.15, 0.2) is 48.5 Å². The van der Waals surface area contributed by atoms with E-state index in [0.717, 1.165) is 24.9 Å². The number of nitrogens with one attached hydrogen (secondary N) is 2. The van der Waals surface area contributed by atoms with E-state index in [4.69, 9.17) is 0 Å². The molecule has 0 heterocycles. The summed E-state index contributed by atoms with van der Waals surface area (Å²) in [5, 5.41) is 5.98. The van der Waals surface area contributed by atoms with Gasteiger partial charge in [0.05, 0.1) is 0 Å². The molecule has 0 spiro atoms. The zero-order chi connectivity index (χ0) is 18.4. The summed E-state index contributed by atoms with van der Waals surface area (Å²) in [6.45, 7) is 2.10. The topological polar surface area (TPSA) is 58.2 Å². The molecule has 2 amide bonds. The number of hydrogen-bond donors (Lipinski definition) is 2. The molecule has 3 rings (SSSR count). The van der Waals surface area contributed by atoms with E-state index in [1.165, 1.54) is 24.8 Å². The van der Waals surface area contributed by atoms with Gasteiger partial charge in [-0.1, -0.05) is 38.3 Å². The molecule has 4 heteroatoms. The molecular weight excluding hydrogens is 324 g/mol. The highest BCUT2D eigenvalue weighted by atomic mass is 16.2. The number of amides is 2. The zero-order valence-electron chi connectivity index (χ0n) is 15.3. The fourth-order valence-corrected chi connectivity index (χ4v) is 3.32. The van der Waals surface area contributed by atoms with Crippen molar-refractivity contribution in [1.82, 2.24) is 5.32 Å². The summed E-state index contributed by atoms with van der Waals surface area (Å²) in [4.78, 5) is 24.7. The third kappa shape index (κ3) is 4.72. The van der Waals surface area contributed by atoms with Gasteiger partial charge in [0, 0.05) is 22.9 Å². The summed E-state index contributed by atoms with van der Waals surface area (Å²) < 4.78 is 0. The van der Waals surface area contributed by atoms with Crippen molar-refractivity contribution >= 4 is 17.5 Å². The van der Waals surface area contributed by atoms with Crippen LogP contribution < -0.4 is 10.6 Å². The first-order valence-corrected chi connectivity index (χ1v) is 9.47. The Hall–Kier alpha value is -2.62. The third-order valence-corrected chi connectivity index (χ3v) is 4.97. The molecule has 2 aromatic carbocycles. The van der Waals surface area contributed by atoms with Crippen LogP contribution in [-0.2, 0) is 6.42 Å². The number of carbonyl (C=O) groups is 2. The first-order chi connectivity index (χ1) is 12.7. The van der Waals surface area contributed by atoms with Gasteiger partial charge in [0.25, 0.3) is 11.8 Å². The summed E-state index contributed by atoms with van der Waals surface area (Å²) in [7, 11) is 0. The molecular formula is C22H26N2O2. The largest absolute Gasteiger partial charge is 0.349 e. The van der Waals surface area contributed by atoms with Crippen molar-refractivity contribution in [1.29, 1.82) is 0 Å². The van der Waals surface area contributed by atoms with Crippen LogP contribution >= 0.6 is 0 Å². The standard InChI is InChI=1S/C22H26N2O2/c1-2-16-8-14-20(15-9-16)24-22(26)18-12-10-17(11-13-18)21(25)23-19-6-4-3-5-7-19/h8-15,19H,2-7H2,1H3,(H,23,25)(H,24,26). The molecule has 0 aliphatic heterocycles. The second-order valence-electron chi connectivity index (χ2n) is 6.89. The molecule has 136 valence electrons. The van der Waals surface area contributed by atoms with Crippen molar-refractivity contribution < 1.29 is 9.59 Å². The second-order valence-corrected chi connectivity index (χ2v) is 6.89. The van der Waals surface area contributed by atoms with Crippen molar-refractivity contribution in [2.45, 2.75) is 51.5 Å². The van der Waals surface area contributed by atoms with Crippen molar-refractivity contribution in [3.05, 3.63) is 65.2 Å². The molecule has 0 saturated heterocycles. The van der Waals surface area contributed by atoms with E-state index in [2.05, 4.69) is 17.6 Å². The van der Waals surface area contributed by atoms with Crippen LogP contribution in [0.1, 0.15) is 65.3 Å². The number of carbonyl (C=O) groups excluding carboxylic acids is 2. The SMILES string of the molecule is CCc1ccc(NC(=O)c2ccc(C(=O)NC3CCCCC3)cc2)cc1. The van der Waals surface area contributed by atoms with E-state index < -0.39 is 0 Å². The molecule has 0 radical (unpaired) electrons. The minimum absolute atomic E-state index is 0.0565. The Labute approximate surface area is 155 Å². The average molecular weight is 350 g/mol. The lowest BCUT2D eigenvalue weighted by Crippen LogP contribution is -2.36. The predicted molar refractivity (Wildman–Crippen MR) is 105 cm³/mol. The Balaban J connectivity index is 1.58. The van der Waals surface area contributed by atoms with E-state index in [1.807, 2.05) is 24.3 Å². The summed E-state index contributed by atoms with van der Waals surface area (Å²) in [6, 6.07) is 14.9. The first-order valence-electron chi connectivity index (χ1n) is 9.47. The number of rotatable bonds is 5. The van der Waals surface area contributed by atoms with Gasteiger partial charge < -0.3 is 10.6 Å². The van der Waals surface area contributed by atoms with Crippen LogP contribution in [0.4, 0.5) is 5.69 Å². The molecule has 0 atom stereocenters. The van der Waals surface area contributed by atoms with E-state index in [9.17, 15) is 9.59 Å². The fraction of sp³-hybridized carbons (Fsp3) is 0.364. The van der Waals surface area contributed by atoms with Crippen LogP contribution in [0.2, 0.25) is 0 Å². The summed E-state index contributed by atoms with van der Waals surface area (Å²) in [5.41, 5.74) is 3.14. The molecule has 0 unspecified atom stereocenters. The highest BCUT2D eigenvalue weighted by Gasteiger charge is 2.17. The summed E-state index contributed by atoms with van der Waals surface area (Å²) in [6.07, 6.45) is 6.72. The lowest BCUT2D eigenvalue weighted by Gasteiger charge is -2.22. The maximum atomic E-state index is 12.4. The zero-order valence-corrected chi connectivity index (χ0v) is 15.3. The van der Waals surface area contributed by atoms with Crippen molar-refractivity contribution in [3.8, 4) is 0 Å². The van der Waals surface area contributed by atoms with Crippen LogP contribution in [0, 0.1) is 0 Å². The molecule has 2 aromatic rings. The highest BCUT2D eigenvalue weighted by Crippen LogP contribution is 2.18. The van der Waals surface area contributed by atoms with Gasteiger partial charge in [-0.15, -0.1) is 0 Å². The van der Waals surface area contributed by atoms with Gasteiger partial charge in [0.15, 0.2) is 0 Å². The van der Waals surface area contributed by atoms with Crippen LogP contribution in [-0.4, -0.2) is 17.9 Å². The average Bonchev–Trinajstić information content (AvgIpc) is 2.69. The first kappa shape index (κ1) is 18.2. The van der Waals surface area contributed by atoms with Crippen LogP contribution in [0.25, 0.3) is 0 Å². The molecule has 4 nitrogen and oxygen atoms in total. The predicted octanol–water partition coefficient (Wildman–Crippen LogP) is 4.56. The Bertz CT molecular complexity index is 745. The second kappa shape index (κ2) is 8.65. The van der Waals surface area contributed by atoms with Gasteiger partial charge in [-0.3, -0.25) is 9.59 Å². The minimum Gasteiger partial charge on any atom is -0.349 e. The number of anilines is 1. The number of benzene rings is 2. The maximum absolute atomic E-state index is 12.4. The molecule has 2 N–H and O–H groups in total. The Morgan fingerprint density at radius 3 is 2.00 bits per heavy atom. The number of aryl methyl sites for hydroxylation is 1. The molecule has 0 aromatic heterocycles. The van der Waals surface area contributed by atoms with Gasteiger partial charge in [-0.05, 0) is 61.2 Å². The van der Waals surface area contributed by atoms with E-state index in [0.29, 0.717) is 11.1 Å². The monoisotopic (exact) mass is 350 g/mol. The van der Waals surface area contributed by atoms with Gasteiger partial charge >= 0.3 is 0 Å². The Morgan fingerprint density at radius 1 is 0.846 bits per heavy atom. The van der Waals surface area contributed by atoms with Gasteiger partial charge in [0.2, 0.25) is 0 Å². The summed E-state index contributed by atoms with van der Waals surface area (Å²) >= 11 is 0. The minimum atomic E-state index is -0.173. The molecule has 1 fully saturated rings. The van der Waals surface area contributed by atoms with Gasteiger partial charge in [-0.25, -0.2) is 0 Å². The molecule has 26 heavy (non-hydrogen) atoms. The molecule has 1 aliphatic carbocycles. The normalized spacial score (nSPS) is 14.7. The lowest BCUT2D eigenvalue weighted by molar-refractivity contribution is 0.0926. The lowest BCUT2D eigenvalue weighted by atomic mass is 9.95.